The fourth-order valence-corrected chi connectivity index (χ4v) is 2.93. The summed E-state index contributed by atoms with van der Waals surface area (Å²) in [5.41, 5.74) is 3.53. The Morgan fingerprint density at radius 3 is 2.53 bits per heavy atom. The third-order valence-corrected chi connectivity index (χ3v) is 4.10. The first-order valence-corrected chi connectivity index (χ1v) is 7.21. The van der Waals surface area contributed by atoms with Crippen LogP contribution < -0.4 is 0 Å². The van der Waals surface area contributed by atoms with Crippen molar-refractivity contribution >= 4 is 17.5 Å². The highest BCUT2D eigenvalue weighted by atomic mass is 32.2. The highest BCUT2D eigenvalue weighted by Crippen LogP contribution is 2.31. The highest BCUT2D eigenvalue weighted by molar-refractivity contribution is 7.99. The lowest BCUT2D eigenvalue weighted by Crippen LogP contribution is -2.03. The Bertz CT molecular complexity index is 577. The monoisotopic (exact) mass is 269 g/mol. The van der Waals surface area contributed by atoms with E-state index in [9.17, 15) is 0 Å². The lowest BCUT2D eigenvalue weighted by atomic mass is 10.1. The van der Waals surface area contributed by atoms with Gasteiger partial charge in [0.15, 0.2) is 5.44 Å². The van der Waals surface area contributed by atoms with Crippen LogP contribution in [0.4, 0.5) is 0 Å². The van der Waals surface area contributed by atoms with E-state index in [2.05, 4.69) is 48.5 Å². The Morgan fingerprint density at radius 2 is 1.79 bits per heavy atom. The van der Waals surface area contributed by atoms with Crippen molar-refractivity contribution in [2.75, 3.05) is 0 Å². The third kappa shape index (κ3) is 2.99. The van der Waals surface area contributed by atoms with Crippen LogP contribution in [0.15, 0.2) is 64.6 Å². The van der Waals surface area contributed by atoms with Gasteiger partial charge in [-0.15, -0.1) is 0 Å². The maximum atomic E-state index is 5.51. The fourth-order valence-electron chi connectivity index (χ4n) is 1.99. The van der Waals surface area contributed by atoms with E-state index in [4.69, 9.17) is 4.84 Å². The summed E-state index contributed by atoms with van der Waals surface area (Å²) < 4.78 is 0. The molecule has 0 fully saturated rings. The lowest BCUT2D eigenvalue weighted by Gasteiger charge is -2.07. The number of benzene rings is 2. The molecule has 0 bridgehead atoms. The van der Waals surface area contributed by atoms with Crippen molar-refractivity contribution in [3.05, 3.63) is 65.7 Å². The van der Waals surface area contributed by atoms with E-state index in [0.29, 0.717) is 0 Å². The summed E-state index contributed by atoms with van der Waals surface area (Å²) in [4.78, 5) is 6.72. The van der Waals surface area contributed by atoms with Gasteiger partial charge in [0.05, 0.1) is 5.71 Å². The maximum Gasteiger partial charge on any atom is 0.183 e. The molecule has 0 aliphatic carbocycles. The first-order valence-electron chi connectivity index (χ1n) is 6.33. The van der Waals surface area contributed by atoms with E-state index in [-0.39, 0.29) is 5.44 Å². The smallest absolute Gasteiger partial charge is 0.183 e. The summed E-state index contributed by atoms with van der Waals surface area (Å²) in [6.07, 6.45) is 0.850. The van der Waals surface area contributed by atoms with Gasteiger partial charge >= 0.3 is 0 Å². The number of oxime groups is 1. The van der Waals surface area contributed by atoms with Crippen molar-refractivity contribution < 1.29 is 4.84 Å². The molecule has 2 nitrogen and oxygen atoms in total. The van der Waals surface area contributed by atoms with Crippen molar-refractivity contribution in [3.8, 4) is 0 Å². The minimum atomic E-state index is 0.0821. The fraction of sp³-hybridized carbons (Fsp3) is 0.188. The Morgan fingerprint density at radius 1 is 1.05 bits per heavy atom. The molecule has 1 aliphatic rings. The molecular weight excluding hydrogens is 254 g/mol. The molecule has 1 atom stereocenters. The van der Waals surface area contributed by atoms with Gasteiger partial charge in [-0.2, -0.15) is 0 Å². The summed E-state index contributed by atoms with van der Waals surface area (Å²) >= 11 is 1.72. The van der Waals surface area contributed by atoms with Gasteiger partial charge in [-0.1, -0.05) is 64.9 Å². The largest absolute Gasteiger partial charge is 0.380 e. The number of rotatable bonds is 3. The van der Waals surface area contributed by atoms with E-state index in [1.54, 1.807) is 11.8 Å². The molecule has 0 saturated carbocycles. The van der Waals surface area contributed by atoms with Crippen LogP contribution in [-0.4, -0.2) is 11.1 Å². The molecule has 96 valence electrons. The zero-order chi connectivity index (χ0) is 13.1. The zero-order valence-electron chi connectivity index (χ0n) is 10.7. The number of aryl methyl sites for hydroxylation is 1. The van der Waals surface area contributed by atoms with Gasteiger partial charge in [0.1, 0.15) is 0 Å². The van der Waals surface area contributed by atoms with Crippen LogP contribution >= 0.6 is 11.8 Å². The number of hydrogen-bond acceptors (Lipinski definition) is 3. The zero-order valence-corrected chi connectivity index (χ0v) is 11.6. The van der Waals surface area contributed by atoms with E-state index >= 15 is 0 Å². The van der Waals surface area contributed by atoms with E-state index in [1.807, 2.05) is 18.2 Å². The van der Waals surface area contributed by atoms with Crippen LogP contribution in [0, 0.1) is 6.92 Å². The predicted molar refractivity (Wildman–Crippen MR) is 79.5 cm³/mol. The Kier molecular flexibility index (Phi) is 3.56. The molecule has 0 radical (unpaired) electrons. The van der Waals surface area contributed by atoms with Crippen molar-refractivity contribution in [2.24, 2.45) is 5.16 Å². The van der Waals surface area contributed by atoms with Crippen LogP contribution in [-0.2, 0) is 4.84 Å². The van der Waals surface area contributed by atoms with Crippen LogP contribution in [0.2, 0.25) is 0 Å². The van der Waals surface area contributed by atoms with E-state index in [0.717, 1.165) is 17.7 Å². The molecule has 0 saturated heterocycles. The molecule has 19 heavy (non-hydrogen) atoms. The van der Waals surface area contributed by atoms with Gasteiger partial charge < -0.3 is 4.84 Å². The summed E-state index contributed by atoms with van der Waals surface area (Å²) in [7, 11) is 0. The average Bonchev–Trinajstić information content (AvgIpc) is 2.89. The van der Waals surface area contributed by atoms with Crippen molar-refractivity contribution in [1.29, 1.82) is 0 Å². The quantitative estimate of drug-likeness (QED) is 0.831. The number of thioether (sulfide) groups is 1. The van der Waals surface area contributed by atoms with Crippen molar-refractivity contribution in [1.82, 2.24) is 0 Å². The first kappa shape index (κ1) is 12.3. The topological polar surface area (TPSA) is 21.6 Å². The Balaban J connectivity index is 1.65. The second kappa shape index (κ2) is 5.49. The molecule has 3 rings (SSSR count). The van der Waals surface area contributed by atoms with Crippen LogP contribution in [0.1, 0.15) is 17.5 Å². The second-order valence-electron chi connectivity index (χ2n) is 4.57. The van der Waals surface area contributed by atoms with E-state index in [1.165, 1.54) is 10.5 Å². The number of nitrogens with zero attached hydrogens (tertiary/aromatic N) is 1. The molecular formula is C16H15NOS. The van der Waals surface area contributed by atoms with Gasteiger partial charge in [0.25, 0.3) is 0 Å². The molecule has 0 aromatic heterocycles. The van der Waals surface area contributed by atoms with Crippen LogP contribution in [0.5, 0.6) is 0 Å². The second-order valence-corrected chi connectivity index (χ2v) is 5.81. The Labute approximate surface area is 117 Å². The first-order chi connectivity index (χ1) is 9.31. The van der Waals surface area contributed by atoms with Gasteiger partial charge in [-0.25, -0.2) is 0 Å². The standard InChI is InChI=1S/C16H15NOS/c1-12-7-9-13(10-8-12)15-11-16(18-17-15)19-14-5-3-2-4-6-14/h2-10,16H,11H2,1H3. The summed E-state index contributed by atoms with van der Waals surface area (Å²) in [6.45, 7) is 2.09. The molecule has 3 heteroatoms. The molecule has 2 aromatic rings. The number of hydrogen-bond donors (Lipinski definition) is 0. The minimum absolute atomic E-state index is 0.0821. The molecule has 0 amide bonds. The summed E-state index contributed by atoms with van der Waals surface area (Å²) in [5, 5.41) is 4.21. The van der Waals surface area contributed by atoms with Crippen molar-refractivity contribution in [3.63, 3.8) is 0 Å². The van der Waals surface area contributed by atoms with Gasteiger partial charge in [0, 0.05) is 11.3 Å². The van der Waals surface area contributed by atoms with Gasteiger partial charge in [-0.05, 0) is 24.6 Å². The third-order valence-electron chi connectivity index (χ3n) is 3.04. The average molecular weight is 269 g/mol. The maximum absolute atomic E-state index is 5.51. The molecule has 0 spiro atoms. The predicted octanol–water partition coefficient (Wildman–Crippen LogP) is 4.24. The van der Waals surface area contributed by atoms with Crippen molar-refractivity contribution in [2.45, 2.75) is 23.7 Å². The normalized spacial score (nSPS) is 17.9. The van der Waals surface area contributed by atoms with Gasteiger partial charge in [-0.3, -0.25) is 0 Å². The minimum Gasteiger partial charge on any atom is -0.380 e. The van der Waals surface area contributed by atoms with Crippen LogP contribution in [0.3, 0.4) is 0 Å². The van der Waals surface area contributed by atoms with E-state index < -0.39 is 0 Å². The lowest BCUT2D eigenvalue weighted by molar-refractivity contribution is 0.148. The molecule has 1 unspecified atom stereocenters. The highest BCUT2D eigenvalue weighted by Gasteiger charge is 2.22. The molecule has 2 aromatic carbocycles. The summed E-state index contributed by atoms with van der Waals surface area (Å²) in [6, 6.07) is 18.7. The molecule has 1 heterocycles. The van der Waals surface area contributed by atoms with Gasteiger partial charge in [0.2, 0.25) is 0 Å². The SMILES string of the molecule is Cc1ccc(C2=NOC(Sc3ccccc3)C2)cc1. The van der Waals surface area contributed by atoms with Crippen LogP contribution in [0.25, 0.3) is 0 Å². The molecule has 1 aliphatic heterocycles. The molecule has 0 N–H and O–H groups in total. The summed E-state index contributed by atoms with van der Waals surface area (Å²) in [5.74, 6) is 0. The Hall–Kier alpha value is -1.74.